The Hall–Kier alpha value is -1.28. The molecule has 86 valence electrons. The first-order chi connectivity index (χ1) is 7.50. The summed E-state index contributed by atoms with van der Waals surface area (Å²) in [5.74, 6) is 3.68. The quantitative estimate of drug-likeness (QED) is 0.863. The first-order valence-corrected chi connectivity index (χ1v) is 5.70. The molecule has 1 aromatic heterocycles. The highest BCUT2D eigenvalue weighted by molar-refractivity contribution is 9.10. The topological polar surface area (TPSA) is 47.0 Å². The van der Waals surface area contributed by atoms with E-state index in [9.17, 15) is 0 Å². The number of aromatic nitrogens is 2. The number of halogens is 1. The zero-order valence-electron chi connectivity index (χ0n) is 9.54. The molecule has 0 spiro atoms. The van der Waals surface area contributed by atoms with Gasteiger partial charge in [0.05, 0.1) is 0 Å². The average molecular weight is 284 g/mol. The van der Waals surface area contributed by atoms with Gasteiger partial charge in [0, 0.05) is 6.54 Å². The predicted molar refractivity (Wildman–Crippen MR) is 67.4 cm³/mol. The van der Waals surface area contributed by atoms with E-state index in [1.807, 2.05) is 6.92 Å². The molecule has 1 rings (SSSR count). The van der Waals surface area contributed by atoms with Gasteiger partial charge in [-0.3, -0.25) is 0 Å². The van der Waals surface area contributed by atoms with Gasteiger partial charge in [-0.2, -0.15) is 0 Å². The van der Waals surface area contributed by atoms with Crippen molar-refractivity contribution in [3.8, 4) is 18.2 Å². The lowest BCUT2D eigenvalue weighted by molar-refractivity contribution is 0.163. The first kappa shape index (κ1) is 12.8. The molecule has 0 fully saturated rings. The van der Waals surface area contributed by atoms with E-state index in [0.717, 1.165) is 6.54 Å². The number of hydrogen-bond acceptors (Lipinski definition) is 4. The van der Waals surface area contributed by atoms with Gasteiger partial charge < -0.3 is 10.1 Å². The third-order valence-corrected chi connectivity index (χ3v) is 2.52. The molecule has 0 saturated carbocycles. The highest BCUT2D eigenvalue weighted by Gasteiger charge is 2.19. The zero-order valence-corrected chi connectivity index (χ0v) is 11.1. The number of anilines is 1. The largest absolute Gasteiger partial charge is 0.457 e. The summed E-state index contributed by atoms with van der Waals surface area (Å²) in [5.41, 5.74) is -0.694. The Kier molecular flexibility index (Phi) is 4.13. The van der Waals surface area contributed by atoms with Gasteiger partial charge in [0.1, 0.15) is 16.6 Å². The molecule has 0 amide bonds. The Balaban J connectivity index is 2.98. The molecule has 0 atom stereocenters. The lowest BCUT2D eigenvalue weighted by Crippen LogP contribution is -2.26. The lowest BCUT2D eigenvalue weighted by atomic mass is 10.1. The van der Waals surface area contributed by atoms with Crippen LogP contribution in [-0.4, -0.2) is 22.1 Å². The molecule has 0 radical (unpaired) electrons. The summed E-state index contributed by atoms with van der Waals surface area (Å²) in [6.45, 7) is 6.36. The zero-order chi connectivity index (χ0) is 12.2. The molecular formula is C11H14BrN3O. The lowest BCUT2D eigenvalue weighted by Gasteiger charge is -2.20. The van der Waals surface area contributed by atoms with Gasteiger partial charge in [-0.25, -0.2) is 9.97 Å². The third-order valence-electron chi connectivity index (χ3n) is 1.80. The van der Waals surface area contributed by atoms with Gasteiger partial charge in [-0.05, 0) is 36.7 Å². The van der Waals surface area contributed by atoms with Crippen LogP contribution < -0.4 is 10.1 Å². The van der Waals surface area contributed by atoms with Crippen molar-refractivity contribution in [2.45, 2.75) is 26.4 Å². The van der Waals surface area contributed by atoms with Gasteiger partial charge in [-0.15, -0.1) is 6.42 Å². The second-order valence-corrected chi connectivity index (χ2v) is 4.42. The van der Waals surface area contributed by atoms with Crippen LogP contribution in [0, 0.1) is 12.3 Å². The summed E-state index contributed by atoms with van der Waals surface area (Å²) in [6.07, 6.45) is 6.79. The summed E-state index contributed by atoms with van der Waals surface area (Å²) in [5, 5.41) is 3.09. The number of terminal acetylenes is 1. The van der Waals surface area contributed by atoms with Crippen LogP contribution in [0.15, 0.2) is 10.8 Å². The fourth-order valence-corrected chi connectivity index (χ4v) is 1.41. The first-order valence-electron chi connectivity index (χ1n) is 4.91. The number of nitrogens with zero attached hydrogens (tertiary/aromatic N) is 2. The van der Waals surface area contributed by atoms with Crippen molar-refractivity contribution >= 4 is 21.7 Å². The smallest absolute Gasteiger partial charge is 0.234 e. The van der Waals surface area contributed by atoms with Gasteiger partial charge in [-0.1, -0.05) is 5.92 Å². The van der Waals surface area contributed by atoms with Crippen LogP contribution in [0.2, 0.25) is 0 Å². The summed E-state index contributed by atoms with van der Waals surface area (Å²) >= 11 is 3.38. The molecule has 0 saturated heterocycles. The molecule has 1 aromatic rings. The second-order valence-electron chi connectivity index (χ2n) is 3.63. The van der Waals surface area contributed by atoms with E-state index in [0.29, 0.717) is 16.2 Å². The molecule has 0 aliphatic rings. The van der Waals surface area contributed by atoms with E-state index < -0.39 is 5.60 Å². The van der Waals surface area contributed by atoms with Crippen LogP contribution in [0.25, 0.3) is 0 Å². The van der Waals surface area contributed by atoms with Crippen LogP contribution in [0.5, 0.6) is 5.88 Å². The monoisotopic (exact) mass is 283 g/mol. The van der Waals surface area contributed by atoms with E-state index in [-0.39, 0.29) is 0 Å². The fourth-order valence-electron chi connectivity index (χ4n) is 0.987. The van der Waals surface area contributed by atoms with E-state index in [4.69, 9.17) is 11.2 Å². The van der Waals surface area contributed by atoms with Gasteiger partial charge in [0.15, 0.2) is 5.60 Å². The van der Waals surface area contributed by atoms with Crippen LogP contribution in [0.4, 0.5) is 5.82 Å². The molecule has 0 unspecified atom stereocenters. The molecule has 16 heavy (non-hydrogen) atoms. The van der Waals surface area contributed by atoms with Crippen LogP contribution >= 0.6 is 15.9 Å². The molecular weight excluding hydrogens is 270 g/mol. The van der Waals surface area contributed by atoms with E-state index in [1.165, 1.54) is 6.33 Å². The summed E-state index contributed by atoms with van der Waals surface area (Å²) in [6, 6.07) is 0. The number of ether oxygens (including phenoxy) is 1. The second kappa shape index (κ2) is 5.17. The summed E-state index contributed by atoms with van der Waals surface area (Å²) in [4.78, 5) is 8.12. The third kappa shape index (κ3) is 3.11. The molecule has 0 bridgehead atoms. The molecule has 0 aromatic carbocycles. The number of rotatable bonds is 4. The molecule has 0 aliphatic heterocycles. The van der Waals surface area contributed by atoms with E-state index in [2.05, 4.69) is 37.1 Å². The molecule has 0 aliphatic carbocycles. The van der Waals surface area contributed by atoms with E-state index >= 15 is 0 Å². The molecule has 1 heterocycles. The Bertz CT molecular complexity index is 412. The van der Waals surface area contributed by atoms with Crippen molar-refractivity contribution in [2.24, 2.45) is 0 Å². The molecule has 5 heteroatoms. The van der Waals surface area contributed by atoms with Crippen LogP contribution in [0.3, 0.4) is 0 Å². The SMILES string of the molecule is C#CC(C)(C)Oc1ncnc(NCC)c1Br. The number of nitrogens with one attached hydrogen (secondary N) is 1. The molecule has 1 N–H and O–H groups in total. The molecule has 4 nitrogen and oxygen atoms in total. The maximum Gasteiger partial charge on any atom is 0.234 e. The normalized spacial score (nSPS) is 10.7. The highest BCUT2D eigenvalue weighted by atomic mass is 79.9. The van der Waals surface area contributed by atoms with Crippen molar-refractivity contribution in [1.29, 1.82) is 0 Å². The maximum absolute atomic E-state index is 5.59. The van der Waals surface area contributed by atoms with Crippen LogP contribution in [-0.2, 0) is 0 Å². The summed E-state index contributed by atoms with van der Waals surface area (Å²) in [7, 11) is 0. The van der Waals surface area contributed by atoms with Gasteiger partial charge in [0.2, 0.25) is 5.88 Å². The minimum atomic E-state index is -0.694. The Morgan fingerprint density at radius 3 is 2.81 bits per heavy atom. The predicted octanol–water partition coefficient (Wildman–Crippen LogP) is 2.46. The highest BCUT2D eigenvalue weighted by Crippen LogP contribution is 2.30. The number of hydrogen-bond donors (Lipinski definition) is 1. The van der Waals surface area contributed by atoms with Gasteiger partial charge >= 0.3 is 0 Å². The van der Waals surface area contributed by atoms with Gasteiger partial charge in [0.25, 0.3) is 0 Å². The Labute approximate surface area is 104 Å². The van der Waals surface area contributed by atoms with Crippen molar-refractivity contribution in [2.75, 3.05) is 11.9 Å². The van der Waals surface area contributed by atoms with Crippen molar-refractivity contribution in [3.05, 3.63) is 10.8 Å². The van der Waals surface area contributed by atoms with Crippen molar-refractivity contribution < 1.29 is 4.74 Å². The van der Waals surface area contributed by atoms with Crippen molar-refractivity contribution in [1.82, 2.24) is 9.97 Å². The van der Waals surface area contributed by atoms with E-state index in [1.54, 1.807) is 13.8 Å². The Morgan fingerprint density at radius 1 is 1.56 bits per heavy atom. The maximum atomic E-state index is 5.59. The Morgan fingerprint density at radius 2 is 2.25 bits per heavy atom. The average Bonchev–Trinajstić information content (AvgIpc) is 2.24. The summed E-state index contributed by atoms with van der Waals surface area (Å²) < 4.78 is 6.28. The van der Waals surface area contributed by atoms with Crippen molar-refractivity contribution in [3.63, 3.8) is 0 Å². The van der Waals surface area contributed by atoms with Crippen LogP contribution in [0.1, 0.15) is 20.8 Å². The standard InChI is InChI=1S/C11H14BrN3O/c1-5-11(3,4)16-10-8(12)9(13-6-2)14-7-15-10/h1,7H,6H2,2-4H3,(H,13,14,15). The minimum absolute atomic E-state index is 0.439. The minimum Gasteiger partial charge on any atom is -0.457 e. The fraction of sp³-hybridized carbons (Fsp3) is 0.455.